The smallest absolute Gasteiger partial charge is 0.126 e. The lowest BCUT2D eigenvalue weighted by atomic mass is 9.94. The van der Waals surface area contributed by atoms with E-state index in [9.17, 15) is 4.39 Å². The van der Waals surface area contributed by atoms with E-state index in [1.54, 1.807) is 6.07 Å². The summed E-state index contributed by atoms with van der Waals surface area (Å²) >= 11 is 0. The Labute approximate surface area is 119 Å². The Hall–Kier alpha value is -1.68. The minimum atomic E-state index is -0.148. The third-order valence-electron chi connectivity index (χ3n) is 3.69. The Morgan fingerprint density at radius 1 is 1.30 bits per heavy atom. The molecule has 1 unspecified atom stereocenters. The second-order valence-corrected chi connectivity index (χ2v) is 5.21. The molecule has 1 heterocycles. The van der Waals surface area contributed by atoms with E-state index in [2.05, 4.69) is 18.1 Å². The number of nitrogens with zero attached hydrogens (tertiary/aromatic N) is 2. The highest BCUT2D eigenvalue weighted by Crippen LogP contribution is 2.17. The summed E-state index contributed by atoms with van der Waals surface area (Å²) in [5.74, 6) is 0.0807. The predicted molar refractivity (Wildman–Crippen MR) is 78.9 cm³/mol. The Balaban J connectivity index is 2.09. The summed E-state index contributed by atoms with van der Waals surface area (Å²) in [7, 11) is 1.95. The molecular weight excluding hydrogens is 253 g/mol. The molecule has 1 atom stereocenters. The van der Waals surface area contributed by atoms with Gasteiger partial charge >= 0.3 is 0 Å². The van der Waals surface area contributed by atoms with Gasteiger partial charge in [-0.25, -0.2) is 4.39 Å². The van der Waals surface area contributed by atoms with Gasteiger partial charge in [0.05, 0.1) is 5.69 Å². The molecule has 0 saturated heterocycles. The van der Waals surface area contributed by atoms with Gasteiger partial charge in [0.15, 0.2) is 0 Å². The average molecular weight is 275 g/mol. The van der Waals surface area contributed by atoms with Crippen molar-refractivity contribution in [1.82, 2.24) is 9.78 Å². The van der Waals surface area contributed by atoms with Gasteiger partial charge in [-0.15, -0.1) is 0 Å². The molecule has 4 heteroatoms. The zero-order chi connectivity index (χ0) is 14.5. The Morgan fingerprint density at radius 2 is 2.05 bits per heavy atom. The van der Waals surface area contributed by atoms with Crippen molar-refractivity contribution in [3.63, 3.8) is 0 Å². The van der Waals surface area contributed by atoms with E-state index in [0.717, 1.165) is 29.8 Å². The van der Waals surface area contributed by atoms with E-state index in [1.807, 2.05) is 23.9 Å². The number of halogens is 1. The first-order chi connectivity index (χ1) is 9.63. The van der Waals surface area contributed by atoms with E-state index < -0.39 is 0 Å². The third-order valence-corrected chi connectivity index (χ3v) is 3.69. The lowest BCUT2D eigenvalue weighted by molar-refractivity contribution is 0.495. The second kappa shape index (κ2) is 6.66. The Kier molecular flexibility index (Phi) is 4.90. The van der Waals surface area contributed by atoms with Crippen LogP contribution in [0.1, 0.15) is 23.9 Å². The van der Waals surface area contributed by atoms with Gasteiger partial charge in [0, 0.05) is 12.7 Å². The second-order valence-electron chi connectivity index (χ2n) is 5.21. The lowest BCUT2D eigenvalue weighted by Crippen LogP contribution is -2.21. The molecule has 0 amide bonds. The average Bonchev–Trinajstić information content (AvgIpc) is 2.81. The molecule has 0 fully saturated rings. The molecule has 2 aromatic rings. The predicted octanol–water partition coefficient (Wildman–Crippen LogP) is 2.48. The van der Waals surface area contributed by atoms with Crippen molar-refractivity contribution in [2.75, 3.05) is 6.54 Å². The molecule has 3 nitrogen and oxygen atoms in total. The van der Waals surface area contributed by atoms with Crippen LogP contribution >= 0.6 is 0 Å². The largest absolute Gasteiger partial charge is 0.330 e. The highest BCUT2D eigenvalue weighted by atomic mass is 19.1. The topological polar surface area (TPSA) is 43.8 Å². The maximum Gasteiger partial charge on any atom is 0.126 e. The van der Waals surface area contributed by atoms with Crippen LogP contribution in [-0.4, -0.2) is 16.3 Å². The summed E-state index contributed by atoms with van der Waals surface area (Å²) in [4.78, 5) is 0. The SMILES string of the molecule is CCc1cc(CC(CN)Cc2ccccc2F)n(C)n1. The molecule has 0 aliphatic rings. The molecule has 20 heavy (non-hydrogen) atoms. The molecule has 1 aromatic carbocycles. The van der Waals surface area contributed by atoms with Crippen LogP contribution in [0, 0.1) is 11.7 Å². The van der Waals surface area contributed by atoms with Crippen molar-refractivity contribution >= 4 is 0 Å². The van der Waals surface area contributed by atoms with Crippen molar-refractivity contribution in [2.45, 2.75) is 26.2 Å². The Morgan fingerprint density at radius 3 is 2.65 bits per heavy atom. The number of aromatic nitrogens is 2. The molecule has 108 valence electrons. The van der Waals surface area contributed by atoms with Gasteiger partial charge < -0.3 is 5.73 Å². The molecule has 0 aliphatic carbocycles. The summed E-state index contributed by atoms with van der Waals surface area (Å²) in [5.41, 5.74) is 8.84. The van der Waals surface area contributed by atoms with Crippen LogP contribution in [-0.2, 0) is 26.3 Å². The fraction of sp³-hybridized carbons (Fsp3) is 0.438. The van der Waals surface area contributed by atoms with Crippen LogP contribution in [0.25, 0.3) is 0 Å². The maximum atomic E-state index is 13.7. The van der Waals surface area contributed by atoms with E-state index in [-0.39, 0.29) is 11.7 Å². The number of hydrogen-bond acceptors (Lipinski definition) is 2. The first-order valence-corrected chi connectivity index (χ1v) is 7.09. The number of rotatable bonds is 6. The molecule has 0 bridgehead atoms. The van der Waals surface area contributed by atoms with Crippen LogP contribution in [0.2, 0.25) is 0 Å². The number of aryl methyl sites for hydroxylation is 2. The zero-order valence-electron chi connectivity index (χ0n) is 12.1. The van der Waals surface area contributed by atoms with Crippen LogP contribution in [0.4, 0.5) is 4.39 Å². The fourth-order valence-electron chi connectivity index (χ4n) is 2.44. The molecule has 0 aliphatic heterocycles. The standard InChI is InChI=1S/C16H22FN3/c1-3-14-10-15(20(2)19-14)9-12(11-18)8-13-6-4-5-7-16(13)17/h4-7,10,12H,3,8-9,11,18H2,1-2H3. The molecule has 2 rings (SSSR count). The molecular formula is C16H22FN3. The fourth-order valence-corrected chi connectivity index (χ4v) is 2.44. The summed E-state index contributed by atoms with van der Waals surface area (Å²) in [5, 5.41) is 4.44. The highest BCUT2D eigenvalue weighted by Gasteiger charge is 2.14. The molecule has 1 aromatic heterocycles. The summed E-state index contributed by atoms with van der Waals surface area (Å²) in [6.07, 6.45) is 2.42. The van der Waals surface area contributed by atoms with Gasteiger partial charge in [-0.2, -0.15) is 5.10 Å². The third kappa shape index (κ3) is 3.45. The van der Waals surface area contributed by atoms with Crippen molar-refractivity contribution in [3.05, 3.63) is 53.1 Å². The van der Waals surface area contributed by atoms with Gasteiger partial charge in [0.2, 0.25) is 0 Å². The molecule has 2 N–H and O–H groups in total. The number of hydrogen-bond donors (Lipinski definition) is 1. The first kappa shape index (κ1) is 14.7. The normalized spacial score (nSPS) is 12.6. The molecule has 0 spiro atoms. The van der Waals surface area contributed by atoms with E-state index >= 15 is 0 Å². The number of nitrogens with two attached hydrogens (primary N) is 1. The summed E-state index contributed by atoms with van der Waals surface area (Å²) < 4.78 is 15.6. The minimum absolute atomic E-state index is 0.148. The van der Waals surface area contributed by atoms with Gasteiger partial charge in [-0.05, 0) is 49.4 Å². The van der Waals surface area contributed by atoms with Gasteiger partial charge in [-0.1, -0.05) is 25.1 Å². The van der Waals surface area contributed by atoms with Crippen molar-refractivity contribution in [2.24, 2.45) is 18.7 Å². The maximum absolute atomic E-state index is 13.7. The first-order valence-electron chi connectivity index (χ1n) is 7.09. The van der Waals surface area contributed by atoms with Crippen molar-refractivity contribution in [3.8, 4) is 0 Å². The minimum Gasteiger partial charge on any atom is -0.330 e. The lowest BCUT2D eigenvalue weighted by Gasteiger charge is -2.15. The Bertz CT molecular complexity index is 563. The van der Waals surface area contributed by atoms with Crippen molar-refractivity contribution < 1.29 is 4.39 Å². The van der Waals surface area contributed by atoms with Gasteiger partial charge in [0.25, 0.3) is 0 Å². The van der Waals surface area contributed by atoms with E-state index in [0.29, 0.717) is 13.0 Å². The van der Waals surface area contributed by atoms with Crippen molar-refractivity contribution in [1.29, 1.82) is 0 Å². The summed E-state index contributed by atoms with van der Waals surface area (Å²) in [6, 6.07) is 9.03. The number of benzene rings is 1. The monoisotopic (exact) mass is 275 g/mol. The van der Waals surface area contributed by atoms with E-state index in [1.165, 1.54) is 6.07 Å². The molecule has 0 radical (unpaired) electrons. The van der Waals surface area contributed by atoms with Crippen LogP contribution in [0.5, 0.6) is 0 Å². The highest BCUT2D eigenvalue weighted by molar-refractivity contribution is 5.19. The van der Waals surface area contributed by atoms with E-state index in [4.69, 9.17) is 5.73 Å². The molecule has 0 saturated carbocycles. The van der Waals surface area contributed by atoms with Crippen LogP contribution < -0.4 is 5.73 Å². The van der Waals surface area contributed by atoms with Crippen LogP contribution in [0.15, 0.2) is 30.3 Å². The summed E-state index contributed by atoms with van der Waals surface area (Å²) in [6.45, 7) is 2.63. The van der Waals surface area contributed by atoms with Gasteiger partial charge in [-0.3, -0.25) is 4.68 Å². The quantitative estimate of drug-likeness (QED) is 0.880. The zero-order valence-corrected chi connectivity index (χ0v) is 12.1. The van der Waals surface area contributed by atoms with Gasteiger partial charge in [0.1, 0.15) is 5.82 Å². The van der Waals surface area contributed by atoms with Crippen LogP contribution in [0.3, 0.4) is 0 Å².